The lowest BCUT2D eigenvalue weighted by Gasteiger charge is -2.13. The van der Waals surface area contributed by atoms with Gasteiger partial charge in [0, 0.05) is 17.6 Å². The summed E-state index contributed by atoms with van der Waals surface area (Å²) in [6.07, 6.45) is 3.07. The monoisotopic (exact) mass is 435 g/mol. The average Bonchev–Trinajstić information content (AvgIpc) is 3.10. The Hall–Kier alpha value is -3.59. The Morgan fingerprint density at radius 2 is 1.77 bits per heavy atom. The summed E-state index contributed by atoms with van der Waals surface area (Å²) in [6.45, 7) is 3.96. The molecule has 4 rings (SSSR count). The molecule has 0 radical (unpaired) electrons. The molecular formula is C22H22FN7S. The van der Waals surface area contributed by atoms with E-state index in [-0.39, 0.29) is 11.8 Å². The van der Waals surface area contributed by atoms with Crippen molar-refractivity contribution in [1.82, 2.24) is 19.7 Å². The highest BCUT2D eigenvalue weighted by Crippen LogP contribution is 2.28. The van der Waals surface area contributed by atoms with Gasteiger partial charge in [0.25, 0.3) is 0 Å². The summed E-state index contributed by atoms with van der Waals surface area (Å²) in [7, 11) is 0. The molecule has 0 aliphatic rings. The maximum Gasteiger partial charge on any atom is 0.229 e. The van der Waals surface area contributed by atoms with Crippen molar-refractivity contribution in [2.75, 3.05) is 21.6 Å². The first kappa shape index (κ1) is 20.7. The van der Waals surface area contributed by atoms with E-state index in [1.165, 1.54) is 11.9 Å². The predicted molar refractivity (Wildman–Crippen MR) is 125 cm³/mol. The van der Waals surface area contributed by atoms with Crippen molar-refractivity contribution in [1.29, 1.82) is 0 Å². The van der Waals surface area contributed by atoms with Crippen LogP contribution in [0.3, 0.4) is 0 Å². The van der Waals surface area contributed by atoms with E-state index in [9.17, 15) is 4.39 Å². The second-order valence-electron chi connectivity index (χ2n) is 6.88. The second kappa shape index (κ2) is 9.05. The lowest BCUT2D eigenvalue weighted by Crippen LogP contribution is -2.05. The summed E-state index contributed by atoms with van der Waals surface area (Å²) in [5.74, 6) is -0.173. The van der Waals surface area contributed by atoms with E-state index in [1.54, 1.807) is 0 Å². The van der Waals surface area contributed by atoms with Gasteiger partial charge in [-0.15, -0.1) is 0 Å². The third-order valence-corrected chi connectivity index (χ3v) is 4.92. The zero-order chi connectivity index (χ0) is 21.8. The molecule has 7 nitrogen and oxygen atoms in total. The van der Waals surface area contributed by atoms with Crippen LogP contribution in [0.2, 0.25) is 0 Å². The maximum atomic E-state index is 14.4. The number of aryl methyl sites for hydroxylation is 2. The van der Waals surface area contributed by atoms with Crippen LogP contribution in [0, 0.1) is 19.7 Å². The Balaban J connectivity index is 1.58. The fraction of sp³-hybridized carbons (Fsp3) is 0.136. The van der Waals surface area contributed by atoms with Crippen LogP contribution in [0.5, 0.6) is 0 Å². The van der Waals surface area contributed by atoms with Gasteiger partial charge < -0.3 is 15.4 Å². The van der Waals surface area contributed by atoms with Crippen LogP contribution in [0.4, 0.5) is 33.2 Å². The molecule has 2 aromatic heterocycles. The minimum atomic E-state index is -0.541. The Morgan fingerprint density at radius 1 is 0.968 bits per heavy atom. The summed E-state index contributed by atoms with van der Waals surface area (Å²) in [5, 5.41) is 10.7. The summed E-state index contributed by atoms with van der Waals surface area (Å²) in [6, 6.07) is 17.3. The molecule has 0 saturated carbocycles. The highest BCUT2D eigenvalue weighted by Gasteiger charge is 2.11. The van der Waals surface area contributed by atoms with Gasteiger partial charge in [-0.25, -0.2) is 14.1 Å². The molecule has 0 amide bonds. The number of hydrogen-bond acceptors (Lipinski definition) is 7. The van der Waals surface area contributed by atoms with Crippen LogP contribution in [0.1, 0.15) is 11.4 Å². The van der Waals surface area contributed by atoms with Crippen LogP contribution in [-0.2, 0) is 0 Å². The number of aromatic nitrogens is 4. The predicted octanol–water partition coefficient (Wildman–Crippen LogP) is 5.60. The van der Waals surface area contributed by atoms with Gasteiger partial charge in [-0.2, -0.15) is 10.1 Å². The van der Waals surface area contributed by atoms with Gasteiger partial charge in [-0.05, 0) is 50.2 Å². The van der Waals surface area contributed by atoms with Gasteiger partial charge in [0.05, 0.1) is 29.0 Å². The SMILES string of the molecule is CSNc1ccccc1Nc1nc(Nc2cccc(-n3nc(C)cc3C)c2)ncc1F. The number of nitrogens with zero attached hydrogens (tertiary/aromatic N) is 4. The number of benzene rings is 2. The van der Waals surface area contributed by atoms with Crippen molar-refractivity contribution in [2.45, 2.75) is 13.8 Å². The van der Waals surface area contributed by atoms with Crippen LogP contribution >= 0.6 is 11.9 Å². The van der Waals surface area contributed by atoms with Crippen molar-refractivity contribution >= 4 is 40.8 Å². The van der Waals surface area contributed by atoms with Crippen LogP contribution < -0.4 is 15.4 Å². The Labute approximate surface area is 184 Å². The summed E-state index contributed by atoms with van der Waals surface area (Å²) in [5.41, 5.74) is 5.22. The van der Waals surface area contributed by atoms with E-state index in [1.807, 2.05) is 79.4 Å². The largest absolute Gasteiger partial charge is 0.336 e. The number of halogens is 1. The van der Waals surface area contributed by atoms with Crippen molar-refractivity contribution in [3.63, 3.8) is 0 Å². The topological polar surface area (TPSA) is 79.7 Å². The molecule has 0 unspecified atom stereocenters. The summed E-state index contributed by atoms with van der Waals surface area (Å²) >= 11 is 1.45. The number of anilines is 5. The van der Waals surface area contributed by atoms with Gasteiger partial charge in [0.1, 0.15) is 0 Å². The first-order valence-corrected chi connectivity index (χ1v) is 10.8. The quantitative estimate of drug-likeness (QED) is 0.326. The van der Waals surface area contributed by atoms with Gasteiger partial charge in [-0.1, -0.05) is 30.1 Å². The first-order valence-electron chi connectivity index (χ1n) is 9.62. The Bertz CT molecular complexity index is 1210. The molecule has 0 saturated heterocycles. The van der Waals surface area contributed by atoms with E-state index in [4.69, 9.17) is 0 Å². The van der Waals surface area contributed by atoms with Crippen molar-refractivity contribution in [3.05, 3.63) is 78.0 Å². The molecule has 0 bridgehead atoms. The molecule has 4 aromatic rings. The molecule has 0 atom stereocenters. The van der Waals surface area contributed by atoms with Crippen molar-refractivity contribution < 1.29 is 4.39 Å². The first-order chi connectivity index (χ1) is 15.0. The van der Waals surface area contributed by atoms with Gasteiger partial charge in [0.15, 0.2) is 11.6 Å². The van der Waals surface area contributed by atoms with Crippen LogP contribution in [0.15, 0.2) is 60.8 Å². The van der Waals surface area contributed by atoms with E-state index in [0.717, 1.165) is 34.6 Å². The summed E-state index contributed by atoms with van der Waals surface area (Å²) in [4.78, 5) is 8.40. The summed E-state index contributed by atoms with van der Waals surface area (Å²) < 4.78 is 19.4. The van der Waals surface area contributed by atoms with E-state index in [2.05, 4.69) is 30.4 Å². The highest BCUT2D eigenvalue weighted by atomic mass is 32.2. The smallest absolute Gasteiger partial charge is 0.229 e. The molecule has 0 fully saturated rings. The third-order valence-electron chi connectivity index (χ3n) is 4.49. The van der Waals surface area contributed by atoms with Gasteiger partial charge in [0.2, 0.25) is 5.95 Å². The van der Waals surface area contributed by atoms with Gasteiger partial charge >= 0.3 is 0 Å². The maximum absolute atomic E-state index is 14.4. The normalized spacial score (nSPS) is 10.7. The number of nitrogens with one attached hydrogen (secondary N) is 3. The molecule has 9 heteroatoms. The average molecular weight is 436 g/mol. The zero-order valence-electron chi connectivity index (χ0n) is 17.3. The zero-order valence-corrected chi connectivity index (χ0v) is 18.2. The Morgan fingerprint density at radius 3 is 2.52 bits per heavy atom. The van der Waals surface area contributed by atoms with E-state index in [0.29, 0.717) is 5.69 Å². The third kappa shape index (κ3) is 4.77. The molecule has 158 valence electrons. The second-order valence-corrected chi connectivity index (χ2v) is 7.49. The van der Waals surface area contributed by atoms with Crippen molar-refractivity contribution in [2.24, 2.45) is 0 Å². The number of hydrogen-bond donors (Lipinski definition) is 3. The van der Waals surface area contributed by atoms with E-state index < -0.39 is 5.82 Å². The molecule has 31 heavy (non-hydrogen) atoms. The lowest BCUT2D eigenvalue weighted by atomic mass is 10.2. The standard InChI is InChI=1S/C22H22FN7S/c1-14-11-15(2)30(28-14)17-8-6-7-16(12-17)25-22-24-13-18(23)21(27-22)26-19-9-4-5-10-20(19)29-31-3/h4-13,29H,1-3H3,(H2,24,25,26,27). The van der Waals surface area contributed by atoms with E-state index >= 15 is 0 Å². The molecule has 2 aromatic carbocycles. The minimum Gasteiger partial charge on any atom is -0.336 e. The lowest BCUT2D eigenvalue weighted by molar-refractivity contribution is 0.619. The minimum absolute atomic E-state index is 0.0857. The van der Waals surface area contributed by atoms with Crippen molar-refractivity contribution in [3.8, 4) is 5.69 Å². The molecule has 3 N–H and O–H groups in total. The van der Waals surface area contributed by atoms with Crippen LogP contribution in [0.25, 0.3) is 5.69 Å². The number of para-hydroxylation sites is 2. The van der Waals surface area contributed by atoms with Gasteiger partial charge in [-0.3, -0.25) is 0 Å². The molecule has 0 spiro atoms. The Kier molecular flexibility index (Phi) is 6.03. The molecule has 0 aliphatic carbocycles. The highest BCUT2D eigenvalue weighted by molar-refractivity contribution is 7.99. The molecule has 0 aliphatic heterocycles. The number of rotatable bonds is 7. The molecule has 2 heterocycles. The van der Waals surface area contributed by atoms with Crippen LogP contribution in [-0.4, -0.2) is 26.0 Å². The fourth-order valence-electron chi connectivity index (χ4n) is 3.17. The molecular weight excluding hydrogens is 413 g/mol. The fourth-order valence-corrected chi connectivity index (χ4v) is 3.57.